The molecule has 4 heteroatoms. The fourth-order valence-electron chi connectivity index (χ4n) is 3.55. The molecule has 0 unspecified atom stereocenters. The van der Waals surface area contributed by atoms with Crippen LogP contribution in [0.3, 0.4) is 0 Å². The summed E-state index contributed by atoms with van der Waals surface area (Å²) in [5.41, 5.74) is 15.5. The Kier molecular flexibility index (Phi) is 4.22. The molecule has 0 aliphatic rings. The second-order valence-corrected chi connectivity index (χ2v) is 6.59. The summed E-state index contributed by atoms with van der Waals surface area (Å²) in [5, 5.41) is 3.49. The van der Waals surface area contributed by atoms with E-state index in [1.165, 1.54) is 22.3 Å². The zero-order chi connectivity index (χ0) is 17.4. The zero-order valence-electron chi connectivity index (χ0n) is 15.2. The zero-order valence-corrected chi connectivity index (χ0v) is 15.2. The molecule has 1 heterocycles. The van der Waals surface area contributed by atoms with Gasteiger partial charge in [-0.25, -0.2) is 4.98 Å². The first kappa shape index (κ1) is 16.4. The summed E-state index contributed by atoms with van der Waals surface area (Å²) >= 11 is 0. The normalized spacial score (nSPS) is 11.2. The van der Waals surface area contributed by atoms with Crippen molar-refractivity contribution in [3.05, 3.63) is 41.0 Å². The number of aryl methyl sites for hydroxylation is 4. The molecule has 0 spiro atoms. The summed E-state index contributed by atoms with van der Waals surface area (Å²) in [6.45, 7) is 9.56. The Labute approximate surface area is 143 Å². The lowest BCUT2D eigenvalue weighted by atomic mass is 9.93. The number of hydrogen-bond acceptors (Lipinski definition) is 3. The molecular weight excluding hydrogens is 296 g/mol. The standard InChI is InChI=1S/C20H26N4/c1-6-9-22-16-8-7-15(18-19(16)24(5)20(21)23-18)17-13(3)10-12(2)11-14(17)4/h7-8,10-11,22H,6,9H2,1-5H3,(H2,21,23). The number of benzene rings is 2. The molecule has 0 saturated carbocycles. The second kappa shape index (κ2) is 6.19. The summed E-state index contributed by atoms with van der Waals surface area (Å²) in [4.78, 5) is 4.66. The monoisotopic (exact) mass is 322 g/mol. The van der Waals surface area contributed by atoms with Crippen LogP contribution in [-0.2, 0) is 7.05 Å². The molecule has 0 fully saturated rings. The predicted octanol–water partition coefficient (Wildman–Crippen LogP) is 4.57. The lowest BCUT2D eigenvalue weighted by Gasteiger charge is -2.15. The maximum Gasteiger partial charge on any atom is 0.201 e. The highest BCUT2D eigenvalue weighted by Crippen LogP contribution is 2.37. The Bertz CT molecular complexity index is 883. The van der Waals surface area contributed by atoms with E-state index in [4.69, 9.17) is 5.73 Å². The third-order valence-electron chi connectivity index (χ3n) is 4.57. The molecule has 0 aliphatic heterocycles. The average molecular weight is 322 g/mol. The molecule has 0 aliphatic carbocycles. The Balaban J connectivity index is 2.30. The number of nitrogens with zero attached hydrogens (tertiary/aromatic N) is 2. The summed E-state index contributed by atoms with van der Waals surface area (Å²) in [5.74, 6) is 0.541. The van der Waals surface area contributed by atoms with Crippen LogP contribution in [0.25, 0.3) is 22.2 Å². The minimum atomic E-state index is 0.541. The maximum absolute atomic E-state index is 6.12. The van der Waals surface area contributed by atoms with Crippen LogP contribution in [0.15, 0.2) is 24.3 Å². The third-order valence-corrected chi connectivity index (χ3v) is 4.57. The van der Waals surface area contributed by atoms with E-state index in [1.807, 2.05) is 11.6 Å². The van der Waals surface area contributed by atoms with Crippen molar-refractivity contribution in [1.29, 1.82) is 0 Å². The van der Waals surface area contributed by atoms with Crippen LogP contribution in [0.5, 0.6) is 0 Å². The molecule has 3 aromatic rings. The average Bonchev–Trinajstić information content (AvgIpc) is 2.81. The second-order valence-electron chi connectivity index (χ2n) is 6.59. The van der Waals surface area contributed by atoms with Gasteiger partial charge in [0.05, 0.1) is 11.2 Å². The third kappa shape index (κ3) is 2.62. The predicted molar refractivity (Wildman–Crippen MR) is 104 cm³/mol. The van der Waals surface area contributed by atoms with Gasteiger partial charge in [0.1, 0.15) is 5.52 Å². The van der Waals surface area contributed by atoms with Crippen LogP contribution in [0.1, 0.15) is 30.0 Å². The Hall–Kier alpha value is -2.49. The highest BCUT2D eigenvalue weighted by molar-refractivity contribution is 6.01. The van der Waals surface area contributed by atoms with E-state index >= 15 is 0 Å². The molecule has 0 bridgehead atoms. The molecular formula is C20H26N4. The fraction of sp³-hybridized carbons (Fsp3) is 0.350. The van der Waals surface area contributed by atoms with Gasteiger partial charge in [-0.2, -0.15) is 0 Å². The van der Waals surface area contributed by atoms with Gasteiger partial charge in [0.15, 0.2) is 0 Å². The van der Waals surface area contributed by atoms with Gasteiger partial charge in [-0.15, -0.1) is 0 Å². The highest BCUT2D eigenvalue weighted by atomic mass is 15.1. The van der Waals surface area contributed by atoms with Crippen molar-refractivity contribution < 1.29 is 0 Å². The van der Waals surface area contributed by atoms with Gasteiger partial charge in [-0.05, 0) is 56.0 Å². The number of fused-ring (bicyclic) bond motifs is 1. The van der Waals surface area contributed by atoms with Crippen molar-refractivity contribution >= 4 is 22.7 Å². The van der Waals surface area contributed by atoms with Gasteiger partial charge in [0.25, 0.3) is 0 Å². The summed E-state index contributed by atoms with van der Waals surface area (Å²) in [7, 11) is 1.97. The van der Waals surface area contributed by atoms with Crippen LogP contribution in [-0.4, -0.2) is 16.1 Å². The smallest absolute Gasteiger partial charge is 0.201 e. The summed E-state index contributed by atoms with van der Waals surface area (Å²) < 4.78 is 1.97. The molecule has 0 atom stereocenters. The van der Waals surface area contributed by atoms with E-state index in [2.05, 4.69) is 62.3 Å². The number of anilines is 2. The number of imidazole rings is 1. The van der Waals surface area contributed by atoms with Crippen LogP contribution >= 0.6 is 0 Å². The van der Waals surface area contributed by atoms with Gasteiger partial charge in [0, 0.05) is 19.2 Å². The van der Waals surface area contributed by atoms with E-state index in [0.29, 0.717) is 5.95 Å². The Morgan fingerprint density at radius 1 is 1.12 bits per heavy atom. The van der Waals surface area contributed by atoms with E-state index < -0.39 is 0 Å². The van der Waals surface area contributed by atoms with Gasteiger partial charge in [-0.3, -0.25) is 0 Å². The van der Waals surface area contributed by atoms with Gasteiger partial charge in [-0.1, -0.05) is 24.6 Å². The number of nitrogens with one attached hydrogen (secondary N) is 1. The quantitative estimate of drug-likeness (QED) is 0.740. The van der Waals surface area contributed by atoms with Crippen molar-refractivity contribution in [1.82, 2.24) is 9.55 Å². The first-order chi connectivity index (χ1) is 11.4. The molecule has 3 N–H and O–H groups in total. The van der Waals surface area contributed by atoms with Crippen molar-refractivity contribution in [2.45, 2.75) is 34.1 Å². The summed E-state index contributed by atoms with van der Waals surface area (Å²) in [6.07, 6.45) is 1.08. The van der Waals surface area contributed by atoms with Gasteiger partial charge < -0.3 is 15.6 Å². The van der Waals surface area contributed by atoms with Crippen molar-refractivity contribution in [3.63, 3.8) is 0 Å². The SMILES string of the molecule is CCCNc1ccc(-c2c(C)cc(C)cc2C)c2nc(N)n(C)c12. The lowest BCUT2D eigenvalue weighted by molar-refractivity contribution is 0.954. The van der Waals surface area contributed by atoms with Gasteiger partial charge in [0.2, 0.25) is 5.95 Å². The molecule has 0 saturated heterocycles. The first-order valence-electron chi connectivity index (χ1n) is 8.51. The van der Waals surface area contributed by atoms with Crippen molar-refractivity contribution in [2.75, 3.05) is 17.6 Å². The minimum absolute atomic E-state index is 0.541. The van der Waals surface area contributed by atoms with E-state index in [-0.39, 0.29) is 0 Å². The molecule has 126 valence electrons. The highest BCUT2D eigenvalue weighted by Gasteiger charge is 2.17. The number of rotatable bonds is 4. The summed E-state index contributed by atoms with van der Waals surface area (Å²) in [6, 6.07) is 8.76. The Morgan fingerprint density at radius 3 is 2.42 bits per heavy atom. The molecule has 24 heavy (non-hydrogen) atoms. The van der Waals surface area contributed by atoms with E-state index in [1.54, 1.807) is 0 Å². The van der Waals surface area contributed by atoms with Crippen molar-refractivity contribution in [2.24, 2.45) is 7.05 Å². The van der Waals surface area contributed by atoms with Crippen LogP contribution in [0.4, 0.5) is 11.6 Å². The molecule has 0 radical (unpaired) electrons. The van der Waals surface area contributed by atoms with Crippen LogP contribution < -0.4 is 11.1 Å². The van der Waals surface area contributed by atoms with Crippen LogP contribution in [0, 0.1) is 20.8 Å². The first-order valence-corrected chi connectivity index (χ1v) is 8.51. The van der Waals surface area contributed by atoms with E-state index in [0.717, 1.165) is 35.2 Å². The lowest BCUT2D eigenvalue weighted by Crippen LogP contribution is -2.03. The van der Waals surface area contributed by atoms with Crippen molar-refractivity contribution in [3.8, 4) is 11.1 Å². The topological polar surface area (TPSA) is 55.9 Å². The molecule has 0 amide bonds. The molecule has 2 aromatic carbocycles. The molecule has 4 nitrogen and oxygen atoms in total. The number of nitrogen functional groups attached to an aromatic ring is 1. The fourth-order valence-corrected chi connectivity index (χ4v) is 3.55. The maximum atomic E-state index is 6.12. The Morgan fingerprint density at radius 2 is 1.79 bits per heavy atom. The number of hydrogen-bond donors (Lipinski definition) is 2. The van der Waals surface area contributed by atoms with Gasteiger partial charge >= 0.3 is 0 Å². The number of nitrogens with two attached hydrogens (primary N) is 1. The molecule has 3 rings (SSSR count). The van der Waals surface area contributed by atoms with Crippen LogP contribution in [0.2, 0.25) is 0 Å². The number of aromatic nitrogens is 2. The molecule has 1 aromatic heterocycles. The van der Waals surface area contributed by atoms with E-state index in [9.17, 15) is 0 Å². The minimum Gasteiger partial charge on any atom is -0.383 e. The largest absolute Gasteiger partial charge is 0.383 e.